The molecule has 0 saturated heterocycles. The Morgan fingerprint density at radius 2 is 2.00 bits per heavy atom. The van der Waals surface area contributed by atoms with E-state index in [4.69, 9.17) is 5.11 Å². The van der Waals surface area contributed by atoms with Crippen LogP contribution in [0.25, 0.3) is 0 Å². The second kappa shape index (κ2) is 3.99. The van der Waals surface area contributed by atoms with E-state index in [0.717, 1.165) is 5.56 Å². The number of hydrogen-bond acceptors (Lipinski definition) is 5. The maximum Gasteiger partial charge on any atom is 0.225 e. The van der Waals surface area contributed by atoms with E-state index in [0.29, 0.717) is 5.95 Å². The predicted octanol–water partition coefficient (Wildman–Crippen LogP) is -0.308. The molecule has 66 valence electrons. The Hall–Kier alpha value is -1.20. The molecule has 0 amide bonds. The van der Waals surface area contributed by atoms with E-state index in [-0.39, 0.29) is 0 Å². The summed E-state index contributed by atoms with van der Waals surface area (Å²) in [7, 11) is 1.63. The molecule has 1 atom stereocenters. The lowest BCUT2D eigenvalue weighted by atomic mass is 10.4. The normalized spacial score (nSPS) is 12.6. The molecule has 5 nitrogen and oxygen atoms in total. The highest BCUT2D eigenvalue weighted by molar-refractivity contribution is 5.24. The zero-order valence-electron chi connectivity index (χ0n) is 7.07. The third-order valence-corrected chi connectivity index (χ3v) is 1.32. The van der Waals surface area contributed by atoms with E-state index < -0.39 is 6.35 Å². The van der Waals surface area contributed by atoms with Gasteiger partial charge in [-0.05, 0) is 19.5 Å². The molecule has 1 aromatic heterocycles. The molecule has 5 heteroatoms. The lowest BCUT2D eigenvalue weighted by molar-refractivity contribution is 0.174. The Bertz CT molecular complexity index is 236. The highest BCUT2D eigenvalue weighted by Gasteiger charge is 2.00. The van der Waals surface area contributed by atoms with Crippen LogP contribution in [-0.2, 0) is 0 Å². The summed E-state index contributed by atoms with van der Waals surface area (Å²) in [6, 6.07) is 0. The first-order valence-electron chi connectivity index (χ1n) is 3.63. The van der Waals surface area contributed by atoms with Gasteiger partial charge in [-0.15, -0.1) is 0 Å². The number of aliphatic hydroxyl groups excluding tert-OH is 1. The molecule has 1 rings (SSSR count). The third kappa shape index (κ3) is 2.44. The Morgan fingerprint density at radius 1 is 1.42 bits per heavy atom. The summed E-state index contributed by atoms with van der Waals surface area (Å²) in [6.45, 7) is 1.90. The minimum absolute atomic E-state index is 0.405. The molecule has 0 saturated carbocycles. The van der Waals surface area contributed by atoms with Gasteiger partial charge >= 0.3 is 0 Å². The average molecular weight is 168 g/mol. The van der Waals surface area contributed by atoms with E-state index >= 15 is 0 Å². The van der Waals surface area contributed by atoms with Crippen LogP contribution in [0, 0.1) is 6.92 Å². The van der Waals surface area contributed by atoms with Gasteiger partial charge in [0.2, 0.25) is 5.95 Å². The summed E-state index contributed by atoms with van der Waals surface area (Å²) >= 11 is 0. The fourth-order valence-corrected chi connectivity index (χ4v) is 0.662. The van der Waals surface area contributed by atoms with E-state index in [2.05, 4.69) is 20.6 Å². The first-order valence-corrected chi connectivity index (χ1v) is 3.63. The lowest BCUT2D eigenvalue weighted by Crippen LogP contribution is -2.33. The standard InChI is InChI=1S/C7H12N4O/c1-5-3-9-6(10-4-5)11-7(12)8-2/h3-4,7-8,12H,1-2H3,(H,9,10,11). The molecule has 1 unspecified atom stereocenters. The van der Waals surface area contributed by atoms with Gasteiger partial charge in [0.15, 0.2) is 6.35 Å². The van der Waals surface area contributed by atoms with Crippen LogP contribution in [0.1, 0.15) is 5.56 Å². The van der Waals surface area contributed by atoms with Crippen LogP contribution in [0.15, 0.2) is 12.4 Å². The fourth-order valence-electron chi connectivity index (χ4n) is 0.662. The van der Waals surface area contributed by atoms with Crippen LogP contribution < -0.4 is 10.6 Å². The van der Waals surface area contributed by atoms with E-state index in [1.807, 2.05) is 6.92 Å². The van der Waals surface area contributed by atoms with E-state index in [9.17, 15) is 0 Å². The van der Waals surface area contributed by atoms with Gasteiger partial charge in [0.1, 0.15) is 0 Å². The number of anilines is 1. The Balaban J connectivity index is 2.58. The van der Waals surface area contributed by atoms with Crippen molar-refractivity contribution in [1.29, 1.82) is 0 Å². The molecule has 1 aromatic rings. The predicted molar refractivity (Wildman–Crippen MR) is 45.5 cm³/mol. The molecular formula is C7H12N4O. The molecule has 0 spiro atoms. The van der Waals surface area contributed by atoms with Gasteiger partial charge in [-0.2, -0.15) is 0 Å². The molecule has 0 bridgehead atoms. The van der Waals surface area contributed by atoms with Gasteiger partial charge in [-0.3, -0.25) is 5.32 Å². The summed E-state index contributed by atoms with van der Waals surface area (Å²) in [5.74, 6) is 0.405. The van der Waals surface area contributed by atoms with Crippen LogP contribution in [0.4, 0.5) is 5.95 Å². The van der Waals surface area contributed by atoms with E-state index in [1.165, 1.54) is 0 Å². The monoisotopic (exact) mass is 168 g/mol. The van der Waals surface area contributed by atoms with Crippen LogP contribution in [-0.4, -0.2) is 28.5 Å². The summed E-state index contributed by atoms with van der Waals surface area (Å²) in [5, 5.41) is 14.3. The molecule has 0 radical (unpaired) electrons. The first kappa shape index (κ1) is 8.89. The molecule has 0 aromatic carbocycles. The molecule has 0 aliphatic carbocycles. The molecule has 0 aliphatic rings. The van der Waals surface area contributed by atoms with Crippen molar-refractivity contribution in [3.63, 3.8) is 0 Å². The summed E-state index contributed by atoms with van der Waals surface area (Å²) < 4.78 is 0. The summed E-state index contributed by atoms with van der Waals surface area (Å²) in [5.41, 5.74) is 0.986. The van der Waals surface area contributed by atoms with Gasteiger partial charge in [0.25, 0.3) is 0 Å². The van der Waals surface area contributed by atoms with Gasteiger partial charge in [0.05, 0.1) is 0 Å². The number of hydrogen-bond donors (Lipinski definition) is 3. The Morgan fingerprint density at radius 3 is 2.50 bits per heavy atom. The second-order valence-corrected chi connectivity index (χ2v) is 2.42. The molecule has 12 heavy (non-hydrogen) atoms. The van der Waals surface area contributed by atoms with Crippen molar-refractivity contribution in [3.8, 4) is 0 Å². The first-order chi connectivity index (χ1) is 5.72. The average Bonchev–Trinajstić information content (AvgIpc) is 2.09. The van der Waals surface area contributed by atoms with Crippen molar-refractivity contribution in [3.05, 3.63) is 18.0 Å². The van der Waals surface area contributed by atoms with Crippen LogP contribution >= 0.6 is 0 Å². The quantitative estimate of drug-likeness (QED) is 0.540. The maximum absolute atomic E-state index is 9.08. The topological polar surface area (TPSA) is 70.1 Å². The van der Waals surface area contributed by atoms with E-state index in [1.54, 1.807) is 19.4 Å². The minimum Gasteiger partial charge on any atom is -0.361 e. The fraction of sp³-hybridized carbons (Fsp3) is 0.429. The molecule has 0 aliphatic heterocycles. The zero-order chi connectivity index (χ0) is 8.97. The van der Waals surface area contributed by atoms with Crippen LogP contribution in [0.3, 0.4) is 0 Å². The molecule has 3 N–H and O–H groups in total. The number of aliphatic hydroxyl groups is 1. The number of aromatic nitrogens is 2. The molecule has 1 heterocycles. The summed E-state index contributed by atoms with van der Waals surface area (Å²) in [4.78, 5) is 7.89. The Labute approximate surface area is 70.9 Å². The number of nitrogens with one attached hydrogen (secondary N) is 2. The lowest BCUT2D eigenvalue weighted by Gasteiger charge is -2.10. The highest BCUT2D eigenvalue weighted by Crippen LogP contribution is 1.98. The number of rotatable bonds is 3. The minimum atomic E-state index is -0.812. The maximum atomic E-state index is 9.08. The van der Waals surface area contributed by atoms with Crippen molar-refractivity contribution >= 4 is 5.95 Å². The SMILES string of the molecule is CNC(O)Nc1ncc(C)cn1. The number of nitrogens with zero attached hydrogens (tertiary/aromatic N) is 2. The van der Waals surface area contributed by atoms with Crippen molar-refractivity contribution in [2.24, 2.45) is 0 Å². The zero-order valence-corrected chi connectivity index (χ0v) is 7.07. The van der Waals surface area contributed by atoms with Gasteiger partial charge < -0.3 is 10.4 Å². The van der Waals surface area contributed by atoms with Crippen molar-refractivity contribution < 1.29 is 5.11 Å². The molecule has 0 fully saturated rings. The number of aryl methyl sites for hydroxylation is 1. The van der Waals surface area contributed by atoms with Crippen LogP contribution in [0.2, 0.25) is 0 Å². The van der Waals surface area contributed by atoms with Gasteiger partial charge in [-0.25, -0.2) is 9.97 Å². The highest BCUT2D eigenvalue weighted by atomic mass is 16.3. The Kier molecular flexibility index (Phi) is 2.95. The largest absolute Gasteiger partial charge is 0.361 e. The van der Waals surface area contributed by atoms with Crippen molar-refractivity contribution in [2.45, 2.75) is 13.3 Å². The van der Waals surface area contributed by atoms with Gasteiger partial charge in [0, 0.05) is 12.4 Å². The second-order valence-electron chi connectivity index (χ2n) is 2.42. The summed E-state index contributed by atoms with van der Waals surface area (Å²) in [6.07, 6.45) is 2.54. The third-order valence-electron chi connectivity index (χ3n) is 1.32. The smallest absolute Gasteiger partial charge is 0.225 e. The van der Waals surface area contributed by atoms with Crippen molar-refractivity contribution in [2.75, 3.05) is 12.4 Å². The van der Waals surface area contributed by atoms with Gasteiger partial charge in [-0.1, -0.05) is 0 Å². The van der Waals surface area contributed by atoms with Crippen molar-refractivity contribution in [1.82, 2.24) is 15.3 Å². The molecular weight excluding hydrogens is 156 g/mol. The van der Waals surface area contributed by atoms with Crippen LogP contribution in [0.5, 0.6) is 0 Å².